The Morgan fingerprint density at radius 1 is 1.21 bits per heavy atom. The van der Waals surface area contributed by atoms with E-state index in [1.165, 1.54) is 0 Å². The third-order valence-corrected chi connectivity index (χ3v) is 2.37. The van der Waals surface area contributed by atoms with Crippen molar-refractivity contribution in [1.29, 1.82) is 0 Å². The van der Waals surface area contributed by atoms with Crippen LogP contribution in [0.1, 0.15) is 20.3 Å². The number of carbonyl (C=O) groups is 1. The smallest absolute Gasteiger partial charge is 0.257 e. The Morgan fingerprint density at radius 2 is 1.84 bits per heavy atom. The fourth-order valence-corrected chi connectivity index (χ4v) is 1.46. The van der Waals surface area contributed by atoms with Gasteiger partial charge >= 0.3 is 0 Å². The highest BCUT2D eigenvalue weighted by Gasteiger charge is 2.01. The fourth-order valence-electron chi connectivity index (χ4n) is 1.46. The normalized spacial score (nSPS) is 10.4. The summed E-state index contributed by atoms with van der Waals surface area (Å²) >= 11 is 0. The Hall–Kier alpha value is -1.97. The summed E-state index contributed by atoms with van der Waals surface area (Å²) in [7, 11) is 0. The molecule has 1 rings (SSSR count). The molecule has 0 radical (unpaired) electrons. The van der Waals surface area contributed by atoms with Gasteiger partial charge in [-0.05, 0) is 44.5 Å². The molecule has 0 aliphatic rings. The first-order chi connectivity index (χ1) is 9.26. The SMILES string of the molecule is C/C=C/CCNC(=O)COc1ccc(OCC)cc1. The second-order valence-corrected chi connectivity index (χ2v) is 3.90. The van der Waals surface area contributed by atoms with Crippen molar-refractivity contribution >= 4 is 5.91 Å². The molecule has 1 amide bonds. The van der Waals surface area contributed by atoms with Gasteiger partial charge in [0, 0.05) is 6.54 Å². The van der Waals surface area contributed by atoms with Gasteiger partial charge in [0.25, 0.3) is 5.91 Å². The van der Waals surface area contributed by atoms with Crippen LogP contribution in [0.5, 0.6) is 11.5 Å². The maximum absolute atomic E-state index is 11.5. The molecule has 0 saturated carbocycles. The molecule has 0 aromatic heterocycles. The number of nitrogens with one attached hydrogen (secondary N) is 1. The van der Waals surface area contributed by atoms with E-state index in [1.54, 1.807) is 12.1 Å². The molecule has 0 saturated heterocycles. The summed E-state index contributed by atoms with van der Waals surface area (Å²) < 4.78 is 10.7. The second-order valence-electron chi connectivity index (χ2n) is 3.90. The molecule has 0 aliphatic heterocycles. The van der Waals surface area contributed by atoms with E-state index in [1.807, 2.05) is 38.1 Å². The van der Waals surface area contributed by atoms with Crippen molar-refractivity contribution in [2.75, 3.05) is 19.8 Å². The number of allylic oxidation sites excluding steroid dienone is 1. The highest BCUT2D eigenvalue weighted by Crippen LogP contribution is 2.17. The van der Waals surface area contributed by atoms with E-state index < -0.39 is 0 Å². The van der Waals surface area contributed by atoms with Crippen molar-refractivity contribution in [3.63, 3.8) is 0 Å². The first-order valence-corrected chi connectivity index (χ1v) is 6.49. The standard InChI is InChI=1S/C15H21NO3/c1-3-5-6-11-16-15(17)12-19-14-9-7-13(8-10-14)18-4-2/h3,5,7-10H,4,6,11-12H2,1-2H3,(H,16,17)/b5-3+. The summed E-state index contributed by atoms with van der Waals surface area (Å²) in [5.74, 6) is 1.34. The lowest BCUT2D eigenvalue weighted by atomic mass is 10.3. The van der Waals surface area contributed by atoms with E-state index in [0.29, 0.717) is 18.9 Å². The van der Waals surface area contributed by atoms with Gasteiger partial charge in [-0.2, -0.15) is 0 Å². The molecule has 0 atom stereocenters. The number of hydrogen-bond donors (Lipinski definition) is 1. The van der Waals surface area contributed by atoms with Crippen molar-refractivity contribution in [3.05, 3.63) is 36.4 Å². The van der Waals surface area contributed by atoms with Crippen molar-refractivity contribution in [1.82, 2.24) is 5.32 Å². The zero-order valence-electron chi connectivity index (χ0n) is 11.5. The topological polar surface area (TPSA) is 47.6 Å². The van der Waals surface area contributed by atoms with Crippen molar-refractivity contribution < 1.29 is 14.3 Å². The number of amides is 1. The summed E-state index contributed by atoms with van der Waals surface area (Å²) in [6.07, 6.45) is 4.81. The fraction of sp³-hybridized carbons (Fsp3) is 0.400. The molecule has 0 fully saturated rings. The molecule has 0 aliphatic carbocycles. The molecular weight excluding hydrogens is 242 g/mol. The van der Waals surface area contributed by atoms with Gasteiger partial charge in [-0.3, -0.25) is 4.79 Å². The van der Waals surface area contributed by atoms with Crippen LogP contribution >= 0.6 is 0 Å². The summed E-state index contributed by atoms with van der Waals surface area (Å²) in [6.45, 7) is 5.19. The van der Waals surface area contributed by atoms with E-state index in [-0.39, 0.29) is 12.5 Å². The minimum Gasteiger partial charge on any atom is -0.494 e. The summed E-state index contributed by atoms with van der Waals surface area (Å²) in [4.78, 5) is 11.5. The lowest BCUT2D eigenvalue weighted by Crippen LogP contribution is -2.29. The molecule has 104 valence electrons. The minimum absolute atomic E-state index is 0.0316. The summed E-state index contributed by atoms with van der Waals surface area (Å²) in [5.41, 5.74) is 0. The summed E-state index contributed by atoms with van der Waals surface area (Å²) in [5, 5.41) is 2.78. The Morgan fingerprint density at radius 3 is 2.42 bits per heavy atom. The third-order valence-electron chi connectivity index (χ3n) is 2.37. The van der Waals surface area contributed by atoms with Crippen LogP contribution in [0.2, 0.25) is 0 Å². The lowest BCUT2D eigenvalue weighted by Gasteiger charge is -2.08. The predicted molar refractivity (Wildman–Crippen MR) is 75.5 cm³/mol. The van der Waals surface area contributed by atoms with Crippen LogP contribution in [0.4, 0.5) is 0 Å². The van der Waals surface area contributed by atoms with Gasteiger partial charge in [0.1, 0.15) is 11.5 Å². The third kappa shape index (κ3) is 6.50. The molecule has 0 unspecified atom stereocenters. The minimum atomic E-state index is -0.113. The zero-order chi connectivity index (χ0) is 13.9. The van der Waals surface area contributed by atoms with Crippen LogP contribution in [0.3, 0.4) is 0 Å². The average Bonchev–Trinajstić information content (AvgIpc) is 2.43. The van der Waals surface area contributed by atoms with E-state index >= 15 is 0 Å². The van der Waals surface area contributed by atoms with Crippen molar-refractivity contribution in [2.45, 2.75) is 20.3 Å². The molecule has 0 spiro atoms. The van der Waals surface area contributed by atoms with Gasteiger partial charge in [0.15, 0.2) is 6.61 Å². The van der Waals surface area contributed by atoms with Crippen LogP contribution < -0.4 is 14.8 Å². The number of rotatable bonds is 8. The Balaban J connectivity index is 2.25. The molecular formula is C15H21NO3. The average molecular weight is 263 g/mol. The van der Waals surface area contributed by atoms with Crippen LogP contribution in [-0.2, 0) is 4.79 Å². The van der Waals surface area contributed by atoms with Crippen LogP contribution in [0.15, 0.2) is 36.4 Å². The van der Waals surface area contributed by atoms with Crippen LogP contribution in [0, 0.1) is 0 Å². The number of ether oxygens (including phenoxy) is 2. The maximum atomic E-state index is 11.5. The maximum Gasteiger partial charge on any atom is 0.257 e. The van der Waals surface area contributed by atoms with Crippen LogP contribution in [0.25, 0.3) is 0 Å². The Bertz CT molecular complexity index is 398. The number of benzene rings is 1. The van der Waals surface area contributed by atoms with E-state index in [4.69, 9.17) is 9.47 Å². The molecule has 1 aromatic rings. The monoisotopic (exact) mass is 263 g/mol. The first-order valence-electron chi connectivity index (χ1n) is 6.49. The van der Waals surface area contributed by atoms with Gasteiger partial charge in [0.05, 0.1) is 6.61 Å². The Kier molecular flexibility index (Phi) is 7.17. The zero-order valence-corrected chi connectivity index (χ0v) is 11.5. The highest BCUT2D eigenvalue weighted by molar-refractivity contribution is 5.77. The molecule has 4 nitrogen and oxygen atoms in total. The second kappa shape index (κ2) is 9.03. The van der Waals surface area contributed by atoms with Gasteiger partial charge in [-0.25, -0.2) is 0 Å². The number of carbonyl (C=O) groups excluding carboxylic acids is 1. The molecule has 19 heavy (non-hydrogen) atoms. The molecule has 1 aromatic carbocycles. The van der Waals surface area contributed by atoms with E-state index in [9.17, 15) is 4.79 Å². The van der Waals surface area contributed by atoms with E-state index in [2.05, 4.69) is 5.32 Å². The highest BCUT2D eigenvalue weighted by atomic mass is 16.5. The predicted octanol–water partition coefficient (Wildman–Crippen LogP) is 2.55. The summed E-state index contributed by atoms with van der Waals surface area (Å²) in [6, 6.07) is 7.22. The molecule has 0 heterocycles. The first kappa shape index (κ1) is 15.1. The molecule has 4 heteroatoms. The van der Waals surface area contributed by atoms with Crippen molar-refractivity contribution in [3.8, 4) is 11.5 Å². The molecule has 0 bridgehead atoms. The van der Waals surface area contributed by atoms with Gasteiger partial charge in [-0.1, -0.05) is 12.2 Å². The largest absolute Gasteiger partial charge is 0.494 e. The van der Waals surface area contributed by atoms with E-state index in [0.717, 1.165) is 12.2 Å². The van der Waals surface area contributed by atoms with Crippen LogP contribution in [-0.4, -0.2) is 25.7 Å². The van der Waals surface area contributed by atoms with Gasteiger partial charge < -0.3 is 14.8 Å². The lowest BCUT2D eigenvalue weighted by molar-refractivity contribution is -0.123. The van der Waals surface area contributed by atoms with Crippen molar-refractivity contribution in [2.24, 2.45) is 0 Å². The van der Waals surface area contributed by atoms with Gasteiger partial charge in [-0.15, -0.1) is 0 Å². The Labute approximate surface area is 114 Å². The number of hydrogen-bond acceptors (Lipinski definition) is 3. The van der Waals surface area contributed by atoms with Gasteiger partial charge in [0.2, 0.25) is 0 Å². The quantitative estimate of drug-likeness (QED) is 0.579. The molecule has 1 N–H and O–H groups in total.